The highest BCUT2D eigenvalue weighted by molar-refractivity contribution is 6.06. The number of hydrogen-bond acceptors (Lipinski definition) is 2. The van der Waals surface area contributed by atoms with E-state index in [9.17, 15) is 9.59 Å². The molecule has 3 N–H and O–H groups in total. The highest BCUT2D eigenvalue weighted by Gasteiger charge is 2.09. The van der Waals surface area contributed by atoms with Gasteiger partial charge in [0.05, 0.1) is 11.0 Å². The van der Waals surface area contributed by atoms with Crippen molar-refractivity contribution in [2.75, 3.05) is 5.32 Å². The Labute approximate surface area is 121 Å². The molecule has 0 radical (unpaired) electrons. The second-order valence-electron chi connectivity index (χ2n) is 4.80. The van der Waals surface area contributed by atoms with Crippen LogP contribution in [-0.2, 0) is 6.42 Å². The van der Waals surface area contributed by atoms with E-state index in [0.29, 0.717) is 16.6 Å². The van der Waals surface area contributed by atoms with E-state index in [-0.39, 0.29) is 11.6 Å². The summed E-state index contributed by atoms with van der Waals surface area (Å²) in [6, 6.07) is 12.8. The van der Waals surface area contributed by atoms with E-state index in [1.807, 2.05) is 31.2 Å². The smallest absolute Gasteiger partial charge is 0.322 e. The van der Waals surface area contributed by atoms with Crippen molar-refractivity contribution in [1.82, 2.24) is 9.97 Å². The van der Waals surface area contributed by atoms with Gasteiger partial charge in [0.2, 0.25) is 0 Å². The maximum Gasteiger partial charge on any atom is 0.323 e. The van der Waals surface area contributed by atoms with Crippen LogP contribution >= 0.6 is 0 Å². The Morgan fingerprint density at radius 3 is 2.67 bits per heavy atom. The predicted molar refractivity (Wildman–Crippen MR) is 82.7 cm³/mol. The van der Waals surface area contributed by atoms with Crippen LogP contribution in [0, 0.1) is 0 Å². The fourth-order valence-electron chi connectivity index (χ4n) is 2.32. The molecule has 0 saturated carbocycles. The minimum absolute atomic E-state index is 0.195. The van der Waals surface area contributed by atoms with Crippen molar-refractivity contribution in [3.63, 3.8) is 0 Å². The van der Waals surface area contributed by atoms with Crippen molar-refractivity contribution in [3.05, 3.63) is 64.1 Å². The molecule has 2 aromatic carbocycles. The van der Waals surface area contributed by atoms with Gasteiger partial charge in [-0.05, 0) is 36.2 Å². The summed E-state index contributed by atoms with van der Waals surface area (Å²) in [4.78, 5) is 28.9. The zero-order valence-corrected chi connectivity index (χ0v) is 11.6. The van der Waals surface area contributed by atoms with E-state index in [2.05, 4.69) is 15.3 Å². The number of aromatic nitrogens is 2. The maximum atomic E-state index is 12.3. The fraction of sp³-hybridized carbons (Fsp3) is 0.125. The molecule has 0 spiro atoms. The quantitative estimate of drug-likeness (QED) is 0.690. The van der Waals surface area contributed by atoms with Crippen molar-refractivity contribution < 1.29 is 4.79 Å². The highest BCUT2D eigenvalue weighted by Crippen LogP contribution is 2.17. The number of carbonyl (C=O) groups excluding carboxylic acids is 1. The molecule has 5 nitrogen and oxygen atoms in total. The SMILES string of the molecule is CCc1ccccc1NC(=O)c1ccc2[nH]c(=O)[nH]c2c1. The number of nitrogens with one attached hydrogen (secondary N) is 3. The number of fused-ring (bicyclic) bond motifs is 1. The number of imidazole rings is 1. The van der Waals surface area contributed by atoms with Crippen LogP contribution in [0.1, 0.15) is 22.8 Å². The minimum atomic E-state index is -0.279. The van der Waals surface area contributed by atoms with E-state index < -0.39 is 0 Å². The van der Waals surface area contributed by atoms with Gasteiger partial charge in [-0.2, -0.15) is 0 Å². The zero-order chi connectivity index (χ0) is 14.8. The molecule has 21 heavy (non-hydrogen) atoms. The summed E-state index contributed by atoms with van der Waals surface area (Å²) in [5.41, 5.74) is 3.43. The van der Waals surface area contributed by atoms with Gasteiger partial charge < -0.3 is 15.3 Å². The van der Waals surface area contributed by atoms with Crippen molar-refractivity contribution in [2.45, 2.75) is 13.3 Å². The van der Waals surface area contributed by atoms with Gasteiger partial charge in [0.15, 0.2) is 0 Å². The van der Waals surface area contributed by atoms with E-state index in [4.69, 9.17) is 0 Å². The number of aryl methyl sites for hydroxylation is 1. The summed E-state index contributed by atoms with van der Waals surface area (Å²) >= 11 is 0. The molecule has 0 saturated heterocycles. The average Bonchev–Trinajstić information content (AvgIpc) is 2.86. The minimum Gasteiger partial charge on any atom is -0.322 e. The molecule has 5 heteroatoms. The molecular formula is C16H15N3O2. The molecule has 106 valence electrons. The van der Waals surface area contributed by atoms with Gasteiger partial charge in [-0.3, -0.25) is 4.79 Å². The van der Waals surface area contributed by atoms with Gasteiger partial charge in [0.25, 0.3) is 5.91 Å². The number of aromatic amines is 2. The first kappa shape index (κ1) is 13.2. The highest BCUT2D eigenvalue weighted by atomic mass is 16.2. The van der Waals surface area contributed by atoms with Gasteiger partial charge in [-0.25, -0.2) is 4.79 Å². The van der Waals surface area contributed by atoms with Crippen LogP contribution in [0.5, 0.6) is 0 Å². The monoisotopic (exact) mass is 281 g/mol. The normalized spacial score (nSPS) is 10.7. The van der Waals surface area contributed by atoms with E-state index >= 15 is 0 Å². The molecule has 1 aromatic heterocycles. The number of amides is 1. The molecule has 3 aromatic rings. The Hall–Kier alpha value is -2.82. The third kappa shape index (κ3) is 2.58. The Bertz CT molecular complexity index is 861. The number of hydrogen-bond donors (Lipinski definition) is 3. The van der Waals surface area contributed by atoms with Crippen molar-refractivity contribution in [1.29, 1.82) is 0 Å². The molecule has 0 aliphatic heterocycles. The Kier molecular flexibility index (Phi) is 3.31. The van der Waals surface area contributed by atoms with Gasteiger partial charge in [-0.1, -0.05) is 25.1 Å². The molecule has 1 amide bonds. The second-order valence-corrected chi connectivity index (χ2v) is 4.80. The number of rotatable bonds is 3. The average molecular weight is 281 g/mol. The zero-order valence-electron chi connectivity index (χ0n) is 11.6. The van der Waals surface area contributed by atoms with Crippen molar-refractivity contribution in [3.8, 4) is 0 Å². The number of anilines is 1. The topological polar surface area (TPSA) is 77.8 Å². The lowest BCUT2D eigenvalue weighted by Gasteiger charge is -2.09. The van der Waals surface area contributed by atoms with Gasteiger partial charge in [0.1, 0.15) is 0 Å². The summed E-state index contributed by atoms with van der Waals surface area (Å²) in [5.74, 6) is -0.195. The summed E-state index contributed by atoms with van der Waals surface area (Å²) in [5, 5.41) is 2.91. The van der Waals surface area contributed by atoms with Crippen LogP contribution in [0.4, 0.5) is 5.69 Å². The second kappa shape index (κ2) is 5.28. The third-order valence-corrected chi connectivity index (χ3v) is 3.42. The van der Waals surface area contributed by atoms with E-state index in [1.165, 1.54) is 0 Å². The molecule has 0 aliphatic carbocycles. The van der Waals surface area contributed by atoms with Crippen LogP contribution in [0.3, 0.4) is 0 Å². The number of H-pyrrole nitrogens is 2. The Morgan fingerprint density at radius 1 is 1.10 bits per heavy atom. The third-order valence-electron chi connectivity index (χ3n) is 3.42. The standard InChI is InChI=1S/C16H15N3O2/c1-2-10-5-3-4-6-12(10)17-15(20)11-7-8-13-14(9-11)19-16(21)18-13/h3-9H,2H2,1H3,(H,17,20)(H2,18,19,21). The van der Waals surface area contributed by atoms with Crippen LogP contribution in [0.25, 0.3) is 11.0 Å². The lowest BCUT2D eigenvalue weighted by Crippen LogP contribution is -2.13. The van der Waals surface area contributed by atoms with Crippen LogP contribution < -0.4 is 11.0 Å². The van der Waals surface area contributed by atoms with Crippen molar-refractivity contribution >= 4 is 22.6 Å². The predicted octanol–water partition coefficient (Wildman–Crippen LogP) is 2.67. The first-order valence-corrected chi connectivity index (χ1v) is 6.78. The first-order valence-electron chi connectivity index (χ1n) is 6.78. The van der Waals surface area contributed by atoms with E-state index in [0.717, 1.165) is 17.7 Å². The lowest BCUT2D eigenvalue weighted by atomic mass is 10.1. The molecular weight excluding hydrogens is 266 g/mol. The van der Waals surface area contributed by atoms with Crippen LogP contribution in [0.2, 0.25) is 0 Å². The Morgan fingerprint density at radius 2 is 1.86 bits per heavy atom. The summed E-state index contributed by atoms with van der Waals surface area (Å²) in [6.45, 7) is 2.04. The van der Waals surface area contributed by atoms with E-state index in [1.54, 1.807) is 18.2 Å². The molecule has 0 aliphatic rings. The fourth-order valence-corrected chi connectivity index (χ4v) is 2.32. The largest absolute Gasteiger partial charge is 0.323 e. The van der Waals surface area contributed by atoms with Crippen LogP contribution in [0.15, 0.2) is 47.3 Å². The van der Waals surface area contributed by atoms with Crippen LogP contribution in [-0.4, -0.2) is 15.9 Å². The molecule has 0 atom stereocenters. The summed E-state index contributed by atoms with van der Waals surface area (Å²) in [6.07, 6.45) is 0.848. The molecule has 1 heterocycles. The molecule has 3 rings (SSSR count). The maximum absolute atomic E-state index is 12.3. The summed E-state index contributed by atoms with van der Waals surface area (Å²) in [7, 11) is 0. The molecule has 0 fully saturated rings. The number of carbonyl (C=O) groups is 1. The first-order chi connectivity index (χ1) is 10.2. The van der Waals surface area contributed by atoms with Gasteiger partial charge >= 0.3 is 5.69 Å². The Balaban J connectivity index is 1.91. The lowest BCUT2D eigenvalue weighted by molar-refractivity contribution is 0.102. The number of benzene rings is 2. The molecule has 0 unspecified atom stereocenters. The number of para-hydroxylation sites is 1. The van der Waals surface area contributed by atoms with Crippen molar-refractivity contribution in [2.24, 2.45) is 0 Å². The summed E-state index contributed by atoms with van der Waals surface area (Å²) < 4.78 is 0. The molecule has 0 bridgehead atoms. The van der Waals surface area contributed by atoms with Gasteiger partial charge in [0, 0.05) is 11.3 Å². The van der Waals surface area contributed by atoms with Gasteiger partial charge in [-0.15, -0.1) is 0 Å².